The van der Waals surface area contributed by atoms with E-state index in [1.54, 1.807) is 32.4 Å². The standard InChI is InChI=1S/C19H16O4S/c1-22-16-7-6-12(11-17(16)23-2)15-8-9-24-19(15)18(21)13-4-3-5-14(20)10-13/h3-11,20H,1-2H3. The van der Waals surface area contributed by atoms with Crippen LogP contribution in [0.1, 0.15) is 15.2 Å². The molecule has 0 radical (unpaired) electrons. The van der Waals surface area contributed by atoms with Crippen molar-refractivity contribution in [3.05, 3.63) is 64.4 Å². The molecule has 0 amide bonds. The van der Waals surface area contributed by atoms with E-state index in [4.69, 9.17) is 9.47 Å². The summed E-state index contributed by atoms with van der Waals surface area (Å²) in [6.45, 7) is 0. The second kappa shape index (κ2) is 6.76. The van der Waals surface area contributed by atoms with Gasteiger partial charge in [-0.3, -0.25) is 4.79 Å². The Morgan fingerprint density at radius 2 is 1.79 bits per heavy atom. The van der Waals surface area contributed by atoms with E-state index in [1.807, 2.05) is 29.6 Å². The summed E-state index contributed by atoms with van der Waals surface area (Å²) in [4.78, 5) is 13.4. The molecule has 24 heavy (non-hydrogen) atoms. The summed E-state index contributed by atoms with van der Waals surface area (Å²) in [5.74, 6) is 1.20. The van der Waals surface area contributed by atoms with Gasteiger partial charge in [-0.2, -0.15) is 0 Å². The molecule has 0 bridgehead atoms. The van der Waals surface area contributed by atoms with Crippen LogP contribution < -0.4 is 9.47 Å². The smallest absolute Gasteiger partial charge is 0.203 e. The van der Waals surface area contributed by atoms with Crippen LogP contribution in [0.25, 0.3) is 11.1 Å². The first kappa shape index (κ1) is 16.1. The maximum Gasteiger partial charge on any atom is 0.203 e. The lowest BCUT2D eigenvalue weighted by Crippen LogP contribution is -2.00. The molecule has 3 aromatic rings. The Labute approximate surface area is 143 Å². The third-order valence-electron chi connectivity index (χ3n) is 3.67. The third kappa shape index (κ3) is 2.98. The first-order valence-corrected chi connectivity index (χ1v) is 8.15. The van der Waals surface area contributed by atoms with Crippen molar-refractivity contribution in [2.45, 2.75) is 0 Å². The molecule has 3 rings (SSSR count). The first-order valence-electron chi connectivity index (χ1n) is 7.27. The number of methoxy groups -OCH3 is 2. The number of ether oxygens (including phenoxy) is 2. The molecular formula is C19H16O4S. The Hall–Kier alpha value is -2.79. The van der Waals surface area contributed by atoms with Crippen molar-refractivity contribution in [3.8, 4) is 28.4 Å². The van der Waals surface area contributed by atoms with E-state index < -0.39 is 0 Å². The fourth-order valence-corrected chi connectivity index (χ4v) is 3.37. The van der Waals surface area contributed by atoms with Crippen molar-refractivity contribution in [1.82, 2.24) is 0 Å². The molecule has 0 saturated carbocycles. The van der Waals surface area contributed by atoms with Gasteiger partial charge in [0.1, 0.15) is 5.75 Å². The monoisotopic (exact) mass is 340 g/mol. The second-order valence-corrected chi connectivity index (χ2v) is 6.03. The zero-order valence-corrected chi connectivity index (χ0v) is 14.1. The van der Waals surface area contributed by atoms with Gasteiger partial charge >= 0.3 is 0 Å². The van der Waals surface area contributed by atoms with Crippen LogP contribution in [-0.2, 0) is 0 Å². The van der Waals surface area contributed by atoms with Gasteiger partial charge in [0.05, 0.1) is 19.1 Å². The Morgan fingerprint density at radius 3 is 2.50 bits per heavy atom. The predicted molar refractivity (Wildman–Crippen MR) is 94.4 cm³/mol. The molecule has 0 atom stereocenters. The maximum absolute atomic E-state index is 12.8. The summed E-state index contributed by atoms with van der Waals surface area (Å²) < 4.78 is 10.6. The highest BCUT2D eigenvalue weighted by atomic mass is 32.1. The van der Waals surface area contributed by atoms with Gasteiger partial charge in [0.15, 0.2) is 11.5 Å². The van der Waals surface area contributed by atoms with Crippen LogP contribution in [-0.4, -0.2) is 25.1 Å². The largest absolute Gasteiger partial charge is 0.508 e. The number of hydrogen-bond acceptors (Lipinski definition) is 5. The second-order valence-electron chi connectivity index (χ2n) is 5.11. The number of phenols is 1. The number of phenolic OH excluding ortho intramolecular Hbond substituents is 1. The number of thiophene rings is 1. The van der Waals surface area contributed by atoms with Crippen molar-refractivity contribution < 1.29 is 19.4 Å². The Morgan fingerprint density at radius 1 is 1.00 bits per heavy atom. The molecule has 122 valence electrons. The number of rotatable bonds is 5. The highest BCUT2D eigenvalue weighted by molar-refractivity contribution is 7.12. The fourth-order valence-electron chi connectivity index (χ4n) is 2.49. The van der Waals surface area contributed by atoms with Crippen LogP contribution in [0.4, 0.5) is 0 Å². The minimum absolute atomic E-state index is 0.0741. The van der Waals surface area contributed by atoms with E-state index in [0.29, 0.717) is 21.9 Å². The molecule has 0 aliphatic heterocycles. The summed E-state index contributed by atoms with van der Waals surface area (Å²) in [5.41, 5.74) is 2.16. The first-order chi connectivity index (χ1) is 11.6. The molecule has 4 nitrogen and oxygen atoms in total. The zero-order chi connectivity index (χ0) is 17.1. The molecular weight excluding hydrogens is 324 g/mol. The van der Waals surface area contributed by atoms with Gasteiger partial charge in [-0.05, 0) is 41.3 Å². The Balaban J connectivity index is 2.03. The molecule has 1 N–H and O–H groups in total. The minimum Gasteiger partial charge on any atom is -0.508 e. The predicted octanol–water partition coefficient (Wildman–Crippen LogP) is 4.37. The molecule has 0 fully saturated rings. The number of aromatic hydroxyl groups is 1. The summed E-state index contributed by atoms with van der Waals surface area (Å²) in [5, 5.41) is 11.5. The van der Waals surface area contributed by atoms with Crippen molar-refractivity contribution >= 4 is 17.1 Å². The molecule has 1 heterocycles. The van der Waals surface area contributed by atoms with Crippen LogP contribution in [0.2, 0.25) is 0 Å². The van der Waals surface area contributed by atoms with E-state index in [1.165, 1.54) is 17.4 Å². The molecule has 0 saturated heterocycles. The van der Waals surface area contributed by atoms with E-state index in [-0.39, 0.29) is 11.5 Å². The fraction of sp³-hybridized carbons (Fsp3) is 0.105. The van der Waals surface area contributed by atoms with Crippen LogP contribution >= 0.6 is 11.3 Å². The van der Waals surface area contributed by atoms with Crippen LogP contribution in [0, 0.1) is 0 Å². The normalized spacial score (nSPS) is 10.4. The van der Waals surface area contributed by atoms with Gasteiger partial charge in [0.2, 0.25) is 5.78 Å². The van der Waals surface area contributed by atoms with E-state index in [2.05, 4.69) is 0 Å². The molecule has 2 aromatic carbocycles. The number of benzene rings is 2. The number of hydrogen-bond donors (Lipinski definition) is 1. The van der Waals surface area contributed by atoms with Crippen molar-refractivity contribution in [2.75, 3.05) is 14.2 Å². The van der Waals surface area contributed by atoms with Crippen molar-refractivity contribution in [2.24, 2.45) is 0 Å². The van der Waals surface area contributed by atoms with E-state index >= 15 is 0 Å². The van der Waals surface area contributed by atoms with Gasteiger partial charge < -0.3 is 14.6 Å². The van der Waals surface area contributed by atoms with Gasteiger partial charge in [-0.25, -0.2) is 0 Å². The zero-order valence-electron chi connectivity index (χ0n) is 13.3. The molecule has 0 unspecified atom stereocenters. The maximum atomic E-state index is 12.8. The average molecular weight is 340 g/mol. The van der Waals surface area contributed by atoms with Gasteiger partial charge in [-0.15, -0.1) is 11.3 Å². The van der Waals surface area contributed by atoms with Crippen molar-refractivity contribution in [3.63, 3.8) is 0 Å². The number of carbonyl (C=O) groups is 1. The van der Waals surface area contributed by atoms with Crippen LogP contribution in [0.3, 0.4) is 0 Å². The average Bonchev–Trinajstić information content (AvgIpc) is 3.10. The topological polar surface area (TPSA) is 55.8 Å². The quantitative estimate of drug-likeness (QED) is 0.701. The van der Waals surface area contributed by atoms with Crippen molar-refractivity contribution in [1.29, 1.82) is 0 Å². The highest BCUT2D eigenvalue weighted by Gasteiger charge is 2.18. The lowest BCUT2D eigenvalue weighted by atomic mass is 10.0. The van der Waals surface area contributed by atoms with Gasteiger partial charge in [-0.1, -0.05) is 18.2 Å². The lowest BCUT2D eigenvalue weighted by Gasteiger charge is -2.10. The summed E-state index contributed by atoms with van der Waals surface area (Å²) in [6, 6.07) is 13.8. The molecule has 5 heteroatoms. The van der Waals surface area contributed by atoms with Gasteiger partial charge in [0.25, 0.3) is 0 Å². The van der Waals surface area contributed by atoms with E-state index in [0.717, 1.165) is 11.1 Å². The SMILES string of the molecule is COc1ccc(-c2ccsc2C(=O)c2cccc(O)c2)cc1OC. The Kier molecular flexibility index (Phi) is 4.53. The number of ketones is 1. The van der Waals surface area contributed by atoms with Crippen LogP contribution in [0.5, 0.6) is 17.2 Å². The van der Waals surface area contributed by atoms with Crippen LogP contribution in [0.15, 0.2) is 53.9 Å². The molecule has 0 aliphatic rings. The van der Waals surface area contributed by atoms with E-state index in [9.17, 15) is 9.90 Å². The lowest BCUT2D eigenvalue weighted by molar-refractivity contribution is 0.104. The summed E-state index contributed by atoms with van der Waals surface area (Å²) in [6.07, 6.45) is 0. The van der Waals surface area contributed by atoms with Gasteiger partial charge in [0, 0.05) is 11.1 Å². The Bertz CT molecular complexity index is 883. The summed E-state index contributed by atoms with van der Waals surface area (Å²) >= 11 is 1.37. The third-order valence-corrected chi connectivity index (χ3v) is 4.59. The number of carbonyl (C=O) groups excluding carboxylic acids is 1. The molecule has 0 spiro atoms. The summed E-state index contributed by atoms with van der Waals surface area (Å²) in [7, 11) is 3.16. The minimum atomic E-state index is -0.120. The highest BCUT2D eigenvalue weighted by Crippen LogP contribution is 2.36. The molecule has 0 aliphatic carbocycles. The molecule has 1 aromatic heterocycles.